The van der Waals surface area contributed by atoms with Gasteiger partial charge in [0.05, 0.1) is 5.02 Å². The maximum atomic E-state index is 12.2. The normalized spacial score (nSPS) is 13.9. The summed E-state index contributed by atoms with van der Waals surface area (Å²) in [5, 5.41) is 6.81. The highest BCUT2D eigenvalue weighted by molar-refractivity contribution is 6.31. The van der Waals surface area contributed by atoms with E-state index >= 15 is 0 Å². The summed E-state index contributed by atoms with van der Waals surface area (Å²) in [5.41, 5.74) is 3.96. The van der Waals surface area contributed by atoms with Crippen molar-refractivity contribution in [1.29, 1.82) is 0 Å². The first-order chi connectivity index (χ1) is 9.63. The van der Waals surface area contributed by atoms with Gasteiger partial charge in [-0.25, -0.2) is 0 Å². The summed E-state index contributed by atoms with van der Waals surface area (Å²) in [5.74, 6) is -0.150. The van der Waals surface area contributed by atoms with Crippen LogP contribution >= 0.6 is 11.6 Å². The predicted molar refractivity (Wildman–Crippen MR) is 80.2 cm³/mol. The summed E-state index contributed by atoms with van der Waals surface area (Å²) < 4.78 is 1.72. The molecule has 2 aromatic rings. The number of carbonyl (C=O) groups is 1. The van der Waals surface area contributed by atoms with Gasteiger partial charge in [-0.1, -0.05) is 17.7 Å². The number of aromatic nitrogens is 1. The first kappa shape index (κ1) is 13.2. The molecule has 0 aliphatic carbocycles. The Labute approximate surface area is 122 Å². The van der Waals surface area contributed by atoms with E-state index in [0.29, 0.717) is 10.7 Å². The van der Waals surface area contributed by atoms with Crippen LogP contribution in [0.5, 0.6) is 0 Å². The van der Waals surface area contributed by atoms with Gasteiger partial charge < -0.3 is 15.2 Å². The van der Waals surface area contributed by atoms with E-state index in [9.17, 15) is 4.79 Å². The largest absolute Gasteiger partial charge is 0.345 e. The fourth-order valence-corrected chi connectivity index (χ4v) is 2.75. The molecule has 1 aromatic heterocycles. The lowest BCUT2D eigenvalue weighted by atomic mass is 10.0. The molecule has 0 saturated heterocycles. The molecule has 3 rings (SSSR count). The van der Waals surface area contributed by atoms with Gasteiger partial charge in [0.1, 0.15) is 5.69 Å². The second-order valence-electron chi connectivity index (χ2n) is 5.02. The van der Waals surface area contributed by atoms with Crippen molar-refractivity contribution >= 4 is 23.2 Å². The molecule has 4 nitrogen and oxygen atoms in total. The Balaban J connectivity index is 1.81. The third-order valence-electron chi connectivity index (χ3n) is 3.55. The van der Waals surface area contributed by atoms with Crippen molar-refractivity contribution in [2.24, 2.45) is 7.05 Å². The number of benzene rings is 1. The number of anilines is 1. The maximum Gasteiger partial charge on any atom is 0.272 e. The molecule has 1 aliphatic heterocycles. The van der Waals surface area contributed by atoms with Crippen molar-refractivity contribution in [2.45, 2.75) is 13.0 Å². The molecule has 20 heavy (non-hydrogen) atoms. The van der Waals surface area contributed by atoms with Crippen LogP contribution in [0.2, 0.25) is 5.02 Å². The minimum absolute atomic E-state index is 0.150. The average molecular weight is 290 g/mol. The summed E-state index contributed by atoms with van der Waals surface area (Å²) in [6, 6.07) is 7.73. The van der Waals surface area contributed by atoms with Crippen molar-refractivity contribution in [1.82, 2.24) is 9.88 Å². The summed E-state index contributed by atoms with van der Waals surface area (Å²) in [6.07, 6.45) is 2.75. The second-order valence-corrected chi connectivity index (χ2v) is 5.46. The van der Waals surface area contributed by atoms with Gasteiger partial charge in [-0.15, -0.1) is 0 Å². The molecule has 1 aromatic carbocycles. The highest BCUT2D eigenvalue weighted by Crippen LogP contribution is 2.20. The van der Waals surface area contributed by atoms with E-state index in [1.807, 2.05) is 12.1 Å². The van der Waals surface area contributed by atoms with Crippen LogP contribution in [0, 0.1) is 0 Å². The summed E-state index contributed by atoms with van der Waals surface area (Å²) in [4.78, 5) is 12.2. The molecule has 0 radical (unpaired) electrons. The van der Waals surface area contributed by atoms with E-state index in [-0.39, 0.29) is 5.91 Å². The molecule has 1 amide bonds. The van der Waals surface area contributed by atoms with Crippen molar-refractivity contribution < 1.29 is 4.79 Å². The zero-order valence-electron chi connectivity index (χ0n) is 11.2. The Bertz CT molecular complexity index is 663. The molecule has 104 valence electrons. The van der Waals surface area contributed by atoms with Gasteiger partial charge in [-0.3, -0.25) is 4.79 Å². The van der Waals surface area contributed by atoms with Crippen molar-refractivity contribution in [3.8, 4) is 0 Å². The SMILES string of the molecule is Cn1cc(Cl)cc1C(=O)Nc1ccc2c(c1)CNCC2. The Morgan fingerprint density at radius 3 is 2.95 bits per heavy atom. The van der Waals surface area contributed by atoms with E-state index in [1.54, 1.807) is 23.9 Å². The van der Waals surface area contributed by atoms with Crippen LogP contribution in [0.3, 0.4) is 0 Å². The van der Waals surface area contributed by atoms with Gasteiger partial charge in [-0.2, -0.15) is 0 Å². The lowest BCUT2D eigenvalue weighted by Gasteiger charge is -2.18. The zero-order chi connectivity index (χ0) is 14.1. The molecule has 5 heteroatoms. The highest BCUT2D eigenvalue weighted by Gasteiger charge is 2.13. The first-order valence-electron chi connectivity index (χ1n) is 6.59. The average Bonchev–Trinajstić information content (AvgIpc) is 2.78. The van der Waals surface area contributed by atoms with E-state index in [2.05, 4.69) is 16.7 Å². The van der Waals surface area contributed by atoms with Crippen molar-refractivity contribution in [3.63, 3.8) is 0 Å². The second kappa shape index (κ2) is 5.31. The molecule has 0 atom stereocenters. The third kappa shape index (κ3) is 2.57. The number of aryl methyl sites for hydroxylation is 1. The number of amides is 1. The smallest absolute Gasteiger partial charge is 0.272 e. The molecule has 0 saturated carbocycles. The van der Waals surface area contributed by atoms with E-state index in [4.69, 9.17) is 11.6 Å². The highest BCUT2D eigenvalue weighted by atomic mass is 35.5. The monoisotopic (exact) mass is 289 g/mol. The van der Waals surface area contributed by atoms with Gasteiger partial charge >= 0.3 is 0 Å². The molecule has 0 spiro atoms. The number of nitrogens with one attached hydrogen (secondary N) is 2. The molecular weight excluding hydrogens is 274 g/mol. The van der Waals surface area contributed by atoms with Gasteiger partial charge in [-0.05, 0) is 42.3 Å². The van der Waals surface area contributed by atoms with Gasteiger partial charge in [0.15, 0.2) is 0 Å². The lowest BCUT2D eigenvalue weighted by Crippen LogP contribution is -2.24. The lowest BCUT2D eigenvalue weighted by molar-refractivity contribution is 0.101. The maximum absolute atomic E-state index is 12.2. The zero-order valence-corrected chi connectivity index (χ0v) is 12.0. The third-order valence-corrected chi connectivity index (χ3v) is 3.76. The fraction of sp³-hybridized carbons (Fsp3) is 0.267. The van der Waals surface area contributed by atoms with Crippen LogP contribution in [0.25, 0.3) is 0 Å². The van der Waals surface area contributed by atoms with Crippen LogP contribution in [0.15, 0.2) is 30.5 Å². The molecule has 1 aliphatic rings. The number of hydrogen-bond donors (Lipinski definition) is 2. The quantitative estimate of drug-likeness (QED) is 0.892. The first-order valence-corrected chi connectivity index (χ1v) is 6.97. The van der Waals surface area contributed by atoms with Crippen LogP contribution in [-0.2, 0) is 20.0 Å². The summed E-state index contributed by atoms with van der Waals surface area (Å²) in [7, 11) is 1.80. The molecule has 0 unspecified atom stereocenters. The summed E-state index contributed by atoms with van der Waals surface area (Å²) in [6.45, 7) is 1.87. The van der Waals surface area contributed by atoms with E-state index < -0.39 is 0 Å². The van der Waals surface area contributed by atoms with Crippen LogP contribution < -0.4 is 10.6 Å². The Kier molecular flexibility index (Phi) is 3.51. The van der Waals surface area contributed by atoms with E-state index in [1.165, 1.54) is 11.1 Å². The molecule has 0 bridgehead atoms. The van der Waals surface area contributed by atoms with Gasteiger partial charge in [0.2, 0.25) is 0 Å². The minimum Gasteiger partial charge on any atom is -0.345 e. The number of carbonyl (C=O) groups excluding carboxylic acids is 1. The minimum atomic E-state index is -0.150. The predicted octanol–water partition coefficient (Wildman–Crippen LogP) is 2.58. The number of halogens is 1. The number of hydrogen-bond acceptors (Lipinski definition) is 2. The Morgan fingerprint density at radius 1 is 1.35 bits per heavy atom. The fourth-order valence-electron chi connectivity index (χ4n) is 2.50. The molecular formula is C15H16ClN3O. The molecule has 2 heterocycles. The Morgan fingerprint density at radius 2 is 2.20 bits per heavy atom. The standard InChI is InChI=1S/C15H16ClN3O/c1-19-9-12(16)7-14(19)15(20)18-13-3-2-10-4-5-17-8-11(10)6-13/h2-3,6-7,9,17H,4-5,8H2,1H3,(H,18,20). The molecule has 2 N–H and O–H groups in total. The van der Waals surface area contributed by atoms with Crippen molar-refractivity contribution in [2.75, 3.05) is 11.9 Å². The topological polar surface area (TPSA) is 46.1 Å². The van der Waals surface area contributed by atoms with Crippen LogP contribution in [-0.4, -0.2) is 17.0 Å². The van der Waals surface area contributed by atoms with Crippen LogP contribution in [0.1, 0.15) is 21.6 Å². The van der Waals surface area contributed by atoms with Gasteiger partial charge in [0, 0.05) is 25.5 Å². The van der Waals surface area contributed by atoms with Crippen molar-refractivity contribution in [3.05, 3.63) is 52.3 Å². The molecule has 0 fully saturated rings. The number of rotatable bonds is 2. The number of nitrogens with zero attached hydrogens (tertiary/aromatic N) is 1. The number of fused-ring (bicyclic) bond motifs is 1. The van der Waals surface area contributed by atoms with Gasteiger partial charge in [0.25, 0.3) is 5.91 Å². The van der Waals surface area contributed by atoms with Crippen LogP contribution in [0.4, 0.5) is 5.69 Å². The van der Waals surface area contributed by atoms with E-state index in [0.717, 1.165) is 25.2 Å². The summed E-state index contributed by atoms with van der Waals surface area (Å²) >= 11 is 5.90. The Hall–Kier alpha value is -1.78.